The summed E-state index contributed by atoms with van der Waals surface area (Å²) in [6.07, 6.45) is 0.0734. The van der Waals surface area contributed by atoms with E-state index < -0.39 is 12.5 Å². The predicted molar refractivity (Wildman–Crippen MR) is 104 cm³/mol. The lowest BCUT2D eigenvalue weighted by molar-refractivity contribution is -0.137. The lowest BCUT2D eigenvalue weighted by atomic mass is 9.96. The number of nitrogens with one attached hydrogen (secondary N) is 2. The number of ether oxygens (including phenoxy) is 1. The van der Waals surface area contributed by atoms with Gasteiger partial charge in [0.2, 0.25) is 11.8 Å². The molecule has 146 valence electrons. The molecule has 1 unspecified atom stereocenters. The molecule has 0 saturated heterocycles. The Balaban J connectivity index is 1.61. The first-order chi connectivity index (χ1) is 13.3. The molecule has 1 atom stereocenters. The van der Waals surface area contributed by atoms with Crippen LogP contribution in [0.15, 0.2) is 36.4 Å². The van der Waals surface area contributed by atoms with E-state index in [1.54, 1.807) is 24.3 Å². The van der Waals surface area contributed by atoms with Crippen LogP contribution < -0.4 is 15.4 Å². The second-order valence-electron chi connectivity index (χ2n) is 6.87. The topological polar surface area (TPSA) is 105 Å². The minimum absolute atomic E-state index is 0.0734. The summed E-state index contributed by atoms with van der Waals surface area (Å²) in [5.41, 5.74) is 4.49. The molecule has 7 nitrogen and oxygen atoms in total. The second kappa shape index (κ2) is 8.12. The number of hydrogen-bond donors (Lipinski definition) is 3. The fourth-order valence-corrected chi connectivity index (χ4v) is 3.05. The average molecular weight is 382 g/mol. The number of aryl methyl sites for hydroxylation is 2. The minimum Gasteiger partial charge on any atom is -0.492 e. The van der Waals surface area contributed by atoms with E-state index in [1.165, 1.54) is 0 Å². The Labute approximate surface area is 162 Å². The standard InChI is InChI=1S/C21H22N2O5/c1-12-7-16-17(11-28-18(16)8-13(12)2)21(27)23-15-5-3-14(4-6-15)9-19(24)22-10-20(25)26/h3-8,17H,9-11H2,1-2H3,(H,22,24)(H,23,27)(H,25,26). The van der Waals surface area contributed by atoms with Crippen LogP contribution >= 0.6 is 0 Å². The Bertz CT molecular complexity index is 921. The number of benzene rings is 2. The van der Waals surface area contributed by atoms with Crippen LogP contribution in [-0.4, -0.2) is 36.0 Å². The molecule has 0 radical (unpaired) electrons. The first kappa shape index (κ1) is 19.4. The second-order valence-corrected chi connectivity index (χ2v) is 6.87. The van der Waals surface area contributed by atoms with Crippen LogP contribution in [0.4, 0.5) is 5.69 Å². The summed E-state index contributed by atoms with van der Waals surface area (Å²) >= 11 is 0. The van der Waals surface area contributed by atoms with Gasteiger partial charge in [0, 0.05) is 11.3 Å². The minimum atomic E-state index is -1.09. The molecule has 2 aromatic carbocycles. The molecule has 2 aromatic rings. The molecule has 1 aliphatic heterocycles. The van der Waals surface area contributed by atoms with Gasteiger partial charge >= 0.3 is 5.97 Å². The van der Waals surface area contributed by atoms with Crippen molar-refractivity contribution in [2.45, 2.75) is 26.2 Å². The van der Waals surface area contributed by atoms with Crippen LogP contribution in [0, 0.1) is 13.8 Å². The van der Waals surface area contributed by atoms with Gasteiger partial charge in [0.15, 0.2) is 0 Å². The molecule has 28 heavy (non-hydrogen) atoms. The fourth-order valence-electron chi connectivity index (χ4n) is 3.05. The van der Waals surface area contributed by atoms with Gasteiger partial charge in [-0.25, -0.2) is 0 Å². The van der Waals surface area contributed by atoms with Gasteiger partial charge < -0.3 is 20.5 Å². The quantitative estimate of drug-likeness (QED) is 0.710. The van der Waals surface area contributed by atoms with Crippen molar-refractivity contribution in [3.63, 3.8) is 0 Å². The summed E-state index contributed by atoms with van der Waals surface area (Å²) in [7, 11) is 0. The Kier molecular flexibility index (Phi) is 5.63. The molecule has 0 fully saturated rings. The van der Waals surface area contributed by atoms with Crippen LogP contribution in [-0.2, 0) is 20.8 Å². The maximum Gasteiger partial charge on any atom is 0.322 e. The van der Waals surface area contributed by atoms with E-state index in [0.717, 1.165) is 28.0 Å². The molecule has 0 aromatic heterocycles. The maximum absolute atomic E-state index is 12.7. The zero-order valence-corrected chi connectivity index (χ0v) is 15.7. The summed E-state index contributed by atoms with van der Waals surface area (Å²) in [5, 5.41) is 13.8. The van der Waals surface area contributed by atoms with Crippen LogP contribution in [0.2, 0.25) is 0 Å². The number of fused-ring (bicyclic) bond motifs is 1. The van der Waals surface area contributed by atoms with E-state index in [-0.39, 0.29) is 24.2 Å². The lowest BCUT2D eigenvalue weighted by Crippen LogP contribution is -2.30. The molecule has 1 aliphatic rings. The van der Waals surface area contributed by atoms with Crippen LogP contribution in [0.3, 0.4) is 0 Å². The third-order valence-electron chi connectivity index (χ3n) is 4.75. The number of carbonyl (C=O) groups excluding carboxylic acids is 2. The molecule has 0 saturated carbocycles. The molecule has 0 bridgehead atoms. The highest BCUT2D eigenvalue weighted by Crippen LogP contribution is 2.36. The smallest absolute Gasteiger partial charge is 0.322 e. The molecule has 0 spiro atoms. The zero-order chi connectivity index (χ0) is 20.3. The highest BCUT2D eigenvalue weighted by molar-refractivity contribution is 5.97. The molecule has 2 amide bonds. The van der Waals surface area contributed by atoms with Crippen molar-refractivity contribution in [2.24, 2.45) is 0 Å². The highest BCUT2D eigenvalue weighted by atomic mass is 16.5. The van der Waals surface area contributed by atoms with Gasteiger partial charge in [-0.05, 0) is 48.7 Å². The van der Waals surface area contributed by atoms with E-state index in [4.69, 9.17) is 9.84 Å². The van der Waals surface area contributed by atoms with Crippen LogP contribution in [0.5, 0.6) is 5.75 Å². The van der Waals surface area contributed by atoms with Crippen LogP contribution in [0.1, 0.15) is 28.2 Å². The fraction of sp³-hybridized carbons (Fsp3) is 0.286. The van der Waals surface area contributed by atoms with E-state index in [0.29, 0.717) is 12.3 Å². The molecule has 1 heterocycles. The van der Waals surface area contributed by atoms with Crippen molar-refractivity contribution in [3.8, 4) is 5.75 Å². The first-order valence-electron chi connectivity index (χ1n) is 8.95. The number of rotatable bonds is 6. The zero-order valence-electron chi connectivity index (χ0n) is 15.7. The lowest BCUT2D eigenvalue weighted by Gasteiger charge is -2.12. The number of carboxylic acids is 1. The van der Waals surface area contributed by atoms with Crippen molar-refractivity contribution in [3.05, 3.63) is 58.7 Å². The summed E-state index contributed by atoms with van der Waals surface area (Å²) in [6.45, 7) is 3.92. The SMILES string of the molecule is Cc1cc2c(cc1C)C(C(=O)Nc1ccc(CC(=O)NCC(=O)O)cc1)CO2. The van der Waals surface area contributed by atoms with E-state index in [1.807, 2.05) is 26.0 Å². The Hall–Kier alpha value is -3.35. The van der Waals surface area contributed by atoms with Gasteiger partial charge in [-0.2, -0.15) is 0 Å². The van der Waals surface area contributed by atoms with E-state index in [9.17, 15) is 14.4 Å². The first-order valence-corrected chi connectivity index (χ1v) is 8.95. The maximum atomic E-state index is 12.7. The van der Waals surface area contributed by atoms with Crippen molar-refractivity contribution in [1.82, 2.24) is 5.32 Å². The Morgan fingerprint density at radius 1 is 1.11 bits per heavy atom. The molecule has 7 heteroatoms. The number of carbonyl (C=O) groups is 3. The van der Waals surface area contributed by atoms with Gasteiger partial charge in [0.25, 0.3) is 0 Å². The summed E-state index contributed by atoms with van der Waals surface area (Å²) in [6, 6.07) is 10.8. The largest absolute Gasteiger partial charge is 0.492 e. The number of carboxylic acid groups (broad SMARTS) is 1. The number of amides is 2. The highest BCUT2D eigenvalue weighted by Gasteiger charge is 2.31. The Morgan fingerprint density at radius 2 is 1.79 bits per heavy atom. The van der Waals surface area contributed by atoms with Gasteiger partial charge in [0.1, 0.15) is 24.8 Å². The molecule has 0 aliphatic carbocycles. The number of aliphatic carboxylic acids is 1. The number of anilines is 1. The van der Waals surface area contributed by atoms with Crippen molar-refractivity contribution < 1.29 is 24.2 Å². The van der Waals surface area contributed by atoms with Crippen LogP contribution in [0.25, 0.3) is 0 Å². The monoisotopic (exact) mass is 382 g/mol. The summed E-state index contributed by atoms with van der Waals surface area (Å²) in [4.78, 5) is 34.8. The van der Waals surface area contributed by atoms with E-state index >= 15 is 0 Å². The van der Waals surface area contributed by atoms with E-state index in [2.05, 4.69) is 10.6 Å². The van der Waals surface area contributed by atoms with Gasteiger partial charge in [-0.3, -0.25) is 14.4 Å². The third-order valence-corrected chi connectivity index (χ3v) is 4.75. The summed E-state index contributed by atoms with van der Waals surface area (Å²) in [5.74, 6) is -1.21. The molecular formula is C21H22N2O5. The summed E-state index contributed by atoms with van der Waals surface area (Å²) < 4.78 is 5.66. The van der Waals surface area contributed by atoms with Gasteiger partial charge in [-0.15, -0.1) is 0 Å². The van der Waals surface area contributed by atoms with Crippen molar-refractivity contribution in [2.75, 3.05) is 18.5 Å². The molecular weight excluding hydrogens is 360 g/mol. The molecule has 3 N–H and O–H groups in total. The molecule has 3 rings (SSSR count). The van der Waals surface area contributed by atoms with Crippen molar-refractivity contribution in [1.29, 1.82) is 0 Å². The average Bonchev–Trinajstić information content (AvgIpc) is 3.04. The Morgan fingerprint density at radius 3 is 2.46 bits per heavy atom. The van der Waals surface area contributed by atoms with Crippen molar-refractivity contribution >= 4 is 23.5 Å². The normalized spacial score (nSPS) is 14.7. The predicted octanol–water partition coefficient (Wildman–Crippen LogP) is 2.16. The third kappa shape index (κ3) is 4.49. The van der Waals surface area contributed by atoms with Gasteiger partial charge in [0.05, 0.1) is 6.42 Å². The number of hydrogen-bond acceptors (Lipinski definition) is 4. The van der Waals surface area contributed by atoms with Gasteiger partial charge in [-0.1, -0.05) is 18.2 Å².